The zero-order valence-corrected chi connectivity index (χ0v) is 14.3. The largest absolute Gasteiger partial charge is 0.507 e. The quantitative estimate of drug-likeness (QED) is 0.664. The Morgan fingerprint density at radius 1 is 1.32 bits per heavy atom. The molecule has 3 rings (SSSR count). The van der Waals surface area contributed by atoms with Crippen molar-refractivity contribution < 1.29 is 14.6 Å². The van der Waals surface area contributed by atoms with Crippen LogP contribution in [0.2, 0.25) is 0 Å². The molecular formula is C18H20N4O3. The van der Waals surface area contributed by atoms with Crippen LogP contribution in [0.3, 0.4) is 0 Å². The van der Waals surface area contributed by atoms with Gasteiger partial charge in [0, 0.05) is 5.69 Å². The molecule has 0 saturated carbocycles. The van der Waals surface area contributed by atoms with E-state index in [0.29, 0.717) is 18.0 Å². The van der Waals surface area contributed by atoms with Gasteiger partial charge in [-0.25, -0.2) is 4.98 Å². The van der Waals surface area contributed by atoms with Gasteiger partial charge in [-0.05, 0) is 44.4 Å². The third-order valence-electron chi connectivity index (χ3n) is 3.71. The highest BCUT2D eigenvalue weighted by atomic mass is 16.5. The summed E-state index contributed by atoms with van der Waals surface area (Å²) in [5.41, 5.74) is 2.36. The average molecular weight is 340 g/mol. The SMILES string of the molecule is COc1cccc(O)c1C(=O)Nc1ccc2nc(CN(C)C)[nH]c2c1. The fourth-order valence-corrected chi connectivity index (χ4v) is 2.63. The first-order valence-corrected chi connectivity index (χ1v) is 7.78. The van der Waals surface area contributed by atoms with Gasteiger partial charge in [0.1, 0.15) is 22.9 Å². The molecule has 0 aliphatic carbocycles. The molecule has 1 heterocycles. The number of aromatic nitrogens is 2. The molecule has 130 valence electrons. The number of benzene rings is 2. The molecule has 0 saturated heterocycles. The molecule has 3 aromatic rings. The van der Waals surface area contributed by atoms with Crippen LogP contribution < -0.4 is 10.1 Å². The number of hydrogen-bond donors (Lipinski definition) is 3. The van der Waals surface area contributed by atoms with Crippen molar-refractivity contribution in [3.8, 4) is 11.5 Å². The monoisotopic (exact) mass is 340 g/mol. The van der Waals surface area contributed by atoms with Gasteiger partial charge < -0.3 is 25.0 Å². The van der Waals surface area contributed by atoms with Crippen molar-refractivity contribution in [1.82, 2.24) is 14.9 Å². The number of nitrogens with zero attached hydrogens (tertiary/aromatic N) is 2. The van der Waals surface area contributed by atoms with Gasteiger partial charge in [0.15, 0.2) is 0 Å². The van der Waals surface area contributed by atoms with E-state index in [9.17, 15) is 9.90 Å². The van der Waals surface area contributed by atoms with Crippen LogP contribution in [-0.4, -0.2) is 47.1 Å². The third kappa shape index (κ3) is 3.56. The van der Waals surface area contributed by atoms with Gasteiger partial charge >= 0.3 is 0 Å². The van der Waals surface area contributed by atoms with E-state index in [0.717, 1.165) is 16.9 Å². The summed E-state index contributed by atoms with van der Waals surface area (Å²) in [6.07, 6.45) is 0. The number of hydrogen-bond acceptors (Lipinski definition) is 5. The predicted octanol–water partition coefficient (Wildman–Crippen LogP) is 2.59. The topological polar surface area (TPSA) is 90.5 Å². The standard InChI is InChI=1S/C18H20N4O3/c1-22(2)10-16-20-12-8-7-11(9-13(12)21-16)19-18(24)17-14(23)5-4-6-15(17)25-3/h4-9,23H,10H2,1-3H3,(H,19,24)(H,20,21). The van der Waals surface area contributed by atoms with Gasteiger partial charge in [-0.3, -0.25) is 4.79 Å². The number of amides is 1. The van der Waals surface area contributed by atoms with Gasteiger partial charge in [0.2, 0.25) is 0 Å². The number of rotatable bonds is 5. The molecule has 2 aromatic carbocycles. The summed E-state index contributed by atoms with van der Waals surface area (Å²) in [5.74, 6) is 0.592. The number of phenolic OH excluding ortho intramolecular Hbond substituents is 1. The molecule has 25 heavy (non-hydrogen) atoms. The molecule has 3 N–H and O–H groups in total. The van der Waals surface area contributed by atoms with E-state index in [2.05, 4.69) is 15.3 Å². The summed E-state index contributed by atoms with van der Waals surface area (Å²) in [6, 6.07) is 10.1. The molecule has 0 aliphatic rings. The van der Waals surface area contributed by atoms with E-state index in [1.807, 2.05) is 31.1 Å². The highest BCUT2D eigenvalue weighted by Crippen LogP contribution is 2.28. The summed E-state index contributed by atoms with van der Waals surface area (Å²) >= 11 is 0. The molecule has 0 spiro atoms. The lowest BCUT2D eigenvalue weighted by molar-refractivity contribution is 0.102. The smallest absolute Gasteiger partial charge is 0.263 e. The van der Waals surface area contributed by atoms with Crippen LogP contribution in [0.15, 0.2) is 36.4 Å². The van der Waals surface area contributed by atoms with Gasteiger partial charge in [0.25, 0.3) is 5.91 Å². The Morgan fingerprint density at radius 2 is 2.12 bits per heavy atom. The lowest BCUT2D eigenvalue weighted by Gasteiger charge is -2.10. The maximum absolute atomic E-state index is 12.5. The fourth-order valence-electron chi connectivity index (χ4n) is 2.63. The predicted molar refractivity (Wildman–Crippen MR) is 96.1 cm³/mol. The fraction of sp³-hybridized carbons (Fsp3) is 0.222. The molecule has 7 nitrogen and oxygen atoms in total. The molecule has 0 bridgehead atoms. The Morgan fingerprint density at radius 3 is 2.84 bits per heavy atom. The molecule has 1 aromatic heterocycles. The first-order valence-electron chi connectivity index (χ1n) is 7.78. The average Bonchev–Trinajstić information content (AvgIpc) is 2.94. The van der Waals surface area contributed by atoms with Gasteiger partial charge in [-0.1, -0.05) is 6.07 Å². The zero-order valence-electron chi connectivity index (χ0n) is 14.3. The van der Waals surface area contributed by atoms with E-state index < -0.39 is 5.91 Å². The molecule has 1 amide bonds. The minimum atomic E-state index is -0.442. The summed E-state index contributed by atoms with van der Waals surface area (Å²) in [7, 11) is 5.39. The van der Waals surface area contributed by atoms with Crippen molar-refractivity contribution >= 4 is 22.6 Å². The van der Waals surface area contributed by atoms with Crippen molar-refractivity contribution in [1.29, 1.82) is 0 Å². The Labute approximate surface area is 145 Å². The number of anilines is 1. The van der Waals surface area contributed by atoms with Crippen LogP contribution >= 0.6 is 0 Å². The number of H-pyrrole nitrogens is 1. The Balaban J connectivity index is 1.86. The second-order valence-corrected chi connectivity index (χ2v) is 5.96. The van der Waals surface area contributed by atoms with Crippen LogP contribution in [0.4, 0.5) is 5.69 Å². The zero-order chi connectivity index (χ0) is 18.0. The normalized spacial score (nSPS) is 11.0. The first-order chi connectivity index (χ1) is 12.0. The van der Waals surface area contributed by atoms with E-state index in [1.54, 1.807) is 18.2 Å². The molecule has 0 unspecified atom stereocenters. The molecule has 0 fully saturated rings. The first kappa shape index (κ1) is 16.8. The van der Waals surface area contributed by atoms with E-state index in [1.165, 1.54) is 13.2 Å². The maximum atomic E-state index is 12.5. The molecule has 0 atom stereocenters. The van der Waals surface area contributed by atoms with Gasteiger partial charge in [-0.15, -0.1) is 0 Å². The van der Waals surface area contributed by atoms with Crippen LogP contribution in [0.1, 0.15) is 16.2 Å². The Kier molecular flexibility index (Phi) is 4.58. The van der Waals surface area contributed by atoms with Crippen molar-refractivity contribution in [2.45, 2.75) is 6.54 Å². The lowest BCUT2D eigenvalue weighted by Crippen LogP contribution is -2.13. The number of methoxy groups -OCH3 is 1. The number of carbonyl (C=O) groups is 1. The number of phenols is 1. The van der Waals surface area contributed by atoms with Crippen molar-refractivity contribution in [2.24, 2.45) is 0 Å². The summed E-state index contributed by atoms with van der Waals surface area (Å²) < 4.78 is 5.15. The van der Waals surface area contributed by atoms with Crippen LogP contribution in [0, 0.1) is 0 Å². The van der Waals surface area contributed by atoms with E-state index in [-0.39, 0.29) is 11.3 Å². The van der Waals surface area contributed by atoms with Crippen molar-refractivity contribution in [3.63, 3.8) is 0 Å². The highest BCUT2D eigenvalue weighted by molar-refractivity contribution is 6.08. The van der Waals surface area contributed by atoms with Crippen LogP contribution in [0.25, 0.3) is 11.0 Å². The number of aromatic amines is 1. The molecular weight excluding hydrogens is 320 g/mol. The second-order valence-electron chi connectivity index (χ2n) is 5.96. The number of aromatic hydroxyl groups is 1. The Bertz CT molecular complexity index is 918. The number of ether oxygens (including phenoxy) is 1. The number of fused-ring (bicyclic) bond motifs is 1. The summed E-state index contributed by atoms with van der Waals surface area (Å²) in [5, 5.41) is 12.7. The number of carbonyl (C=O) groups excluding carboxylic acids is 1. The highest BCUT2D eigenvalue weighted by Gasteiger charge is 2.17. The molecule has 7 heteroatoms. The number of imidazole rings is 1. The summed E-state index contributed by atoms with van der Waals surface area (Å²) in [6.45, 7) is 0.700. The third-order valence-corrected chi connectivity index (χ3v) is 3.71. The van der Waals surface area contributed by atoms with E-state index in [4.69, 9.17) is 4.74 Å². The lowest BCUT2D eigenvalue weighted by atomic mass is 10.1. The minimum absolute atomic E-state index is 0.100. The number of nitrogens with one attached hydrogen (secondary N) is 2. The van der Waals surface area contributed by atoms with Gasteiger partial charge in [-0.2, -0.15) is 0 Å². The van der Waals surface area contributed by atoms with E-state index >= 15 is 0 Å². The van der Waals surface area contributed by atoms with Gasteiger partial charge in [0.05, 0.1) is 24.7 Å². The van der Waals surface area contributed by atoms with Crippen LogP contribution in [0.5, 0.6) is 11.5 Å². The molecule has 0 radical (unpaired) electrons. The summed E-state index contributed by atoms with van der Waals surface area (Å²) in [4.78, 5) is 22.3. The second kappa shape index (κ2) is 6.82. The maximum Gasteiger partial charge on any atom is 0.263 e. The minimum Gasteiger partial charge on any atom is -0.507 e. The van der Waals surface area contributed by atoms with Crippen molar-refractivity contribution in [3.05, 3.63) is 47.8 Å². The Hall–Kier alpha value is -3.06. The molecule has 0 aliphatic heterocycles. The van der Waals surface area contributed by atoms with Crippen LogP contribution in [-0.2, 0) is 6.54 Å². The van der Waals surface area contributed by atoms with Crippen molar-refractivity contribution in [2.75, 3.05) is 26.5 Å².